The number of nitrogens with zero attached hydrogens (tertiary/aromatic N) is 1. The van der Waals surface area contributed by atoms with Crippen LogP contribution in [-0.4, -0.2) is 19.6 Å². The molecule has 6 nitrogen and oxygen atoms in total. The van der Waals surface area contributed by atoms with Crippen LogP contribution in [0.3, 0.4) is 0 Å². The number of rotatable bonds is 7. The fourth-order valence-corrected chi connectivity index (χ4v) is 4.81. The molecular formula is C28H24BrNO5. The fraction of sp³-hybridized carbons (Fsp3) is 0.214. The number of anilines is 1. The van der Waals surface area contributed by atoms with Gasteiger partial charge in [-0.3, -0.25) is 14.5 Å². The zero-order chi connectivity index (χ0) is 24.5. The molecule has 0 bridgehead atoms. The zero-order valence-electron chi connectivity index (χ0n) is 19.4. The van der Waals surface area contributed by atoms with E-state index in [9.17, 15) is 9.59 Å². The molecule has 1 aliphatic heterocycles. The molecular weight excluding hydrogens is 510 g/mol. The Morgan fingerprint density at radius 3 is 2.60 bits per heavy atom. The number of carbonyl (C=O) groups is 1. The van der Waals surface area contributed by atoms with E-state index in [1.165, 1.54) is 0 Å². The highest BCUT2D eigenvalue weighted by Crippen LogP contribution is 2.43. The highest BCUT2D eigenvalue weighted by atomic mass is 79.9. The van der Waals surface area contributed by atoms with Gasteiger partial charge in [0, 0.05) is 10.2 Å². The quantitative estimate of drug-likeness (QED) is 0.254. The van der Waals surface area contributed by atoms with Crippen LogP contribution in [0, 0.1) is 0 Å². The summed E-state index contributed by atoms with van der Waals surface area (Å²) in [5.74, 6) is 0.849. The molecule has 35 heavy (non-hydrogen) atoms. The number of ether oxygens (including phenoxy) is 2. The maximum absolute atomic E-state index is 13.7. The molecule has 1 amide bonds. The molecule has 0 N–H and O–H groups in total. The van der Waals surface area contributed by atoms with Crippen LogP contribution in [0.25, 0.3) is 11.0 Å². The zero-order valence-corrected chi connectivity index (χ0v) is 21.0. The van der Waals surface area contributed by atoms with Gasteiger partial charge in [-0.25, -0.2) is 0 Å². The van der Waals surface area contributed by atoms with Crippen LogP contribution in [0.15, 0.2) is 80.4 Å². The van der Waals surface area contributed by atoms with Crippen LogP contribution in [0.5, 0.6) is 11.5 Å². The Balaban J connectivity index is 1.71. The molecule has 0 fully saturated rings. The van der Waals surface area contributed by atoms with Crippen molar-refractivity contribution in [1.29, 1.82) is 0 Å². The van der Waals surface area contributed by atoms with E-state index < -0.39 is 6.04 Å². The van der Waals surface area contributed by atoms with Crippen molar-refractivity contribution in [2.24, 2.45) is 0 Å². The van der Waals surface area contributed by atoms with Crippen LogP contribution in [0.4, 0.5) is 5.69 Å². The highest BCUT2D eigenvalue weighted by molar-refractivity contribution is 9.10. The van der Waals surface area contributed by atoms with Gasteiger partial charge in [0.25, 0.3) is 5.91 Å². The summed E-state index contributed by atoms with van der Waals surface area (Å²) >= 11 is 3.49. The second-order valence-electron chi connectivity index (χ2n) is 8.34. The van der Waals surface area contributed by atoms with Gasteiger partial charge in [0.05, 0.1) is 30.7 Å². The lowest BCUT2D eigenvalue weighted by molar-refractivity contribution is 0.0971. The first-order valence-electron chi connectivity index (χ1n) is 11.5. The molecule has 0 aliphatic carbocycles. The number of para-hydroxylation sites is 1. The number of hydrogen-bond acceptors (Lipinski definition) is 5. The van der Waals surface area contributed by atoms with Crippen LogP contribution >= 0.6 is 15.9 Å². The maximum atomic E-state index is 13.7. The predicted molar refractivity (Wildman–Crippen MR) is 139 cm³/mol. The van der Waals surface area contributed by atoms with Crippen molar-refractivity contribution in [3.05, 3.63) is 98.3 Å². The van der Waals surface area contributed by atoms with Gasteiger partial charge >= 0.3 is 0 Å². The van der Waals surface area contributed by atoms with Gasteiger partial charge in [-0.2, -0.15) is 0 Å². The van der Waals surface area contributed by atoms with E-state index >= 15 is 0 Å². The van der Waals surface area contributed by atoms with E-state index in [0.717, 1.165) is 22.9 Å². The lowest BCUT2D eigenvalue weighted by atomic mass is 9.97. The first kappa shape index (κ1) is 23.2. The molecule has 2 heterocycles. The molecule has 4 aromatic rings. The summed E-state index contributed by atoms with van der Waals surface area (Å²) in [7, 11) is 1.58. The Hall–Kier alpha value is -3.58. The lowest BCUT2D eigenvalue weighted by Crippen LogP contribution is -2.29. The van der Waals surface area contributed by atoms with Crippen molar-refractivity contribution in [1.82, 2.24) is 0 Å². The van der Waals surface area contributed by atoms with Gasteiger partial charge in [0.1, 0.15) is 5.58 Å². The van der Waals surface area contributed by atoms with Crippen LogP contribution in [0.1, 0.15) is 47.5 Å². The van der Waals surface area contributed by atoms with Gasteiger partial charge in [0.2, 0.25) is 5.76 Å². The number of benzene rings is 3. The summed E-state index contributed by atoms with van der Waals surface area (Å²) in [5.41, 5.74) is 1.85. The van der Waals surface area contributed by atoms with Crippen molar-refractivity contribution < 1.29 is 18.7 Å². The summed E-state index contributed by atoms with van der Waals surface area (Å²) in [6.45, 7) is 2.68. The molecule has 1 aromatic heterocycles. The fourth-order valence-electron chi connectivity index (χ4n) is 4.43. The Bertz CT molecular complexity index is 1480. The van der Waals surface area contributed by atoms with Gasteiger partial charge in [0.15, 0.2) is 16.9 Å². The average Bonchev–Trinajstić information content (AvgIpc) is 3.17. The van der Waals surface area contributed by atoms with Crippen LogP contribution in [-0.2, 0) is 0 Å². The van der Waals surface area contributed by atoms with E-state index in [2.05, 4.69) is 22.9 Å². The predicted octanol–water partition coefficient (Wildman–Crippen LogP) is 6.49. The van der Waals surface area contributed by atoms with Crippen molar-refractivity contribution in [3.8, 4) is 11.5 Å². The number of carbonyl (C=O) groups excluding carboxylic acids is 1. The summed E-state index contributed by atoms with van der Waals surface area (Å²) < 4.78 is 18.3. The highest BCUT2D eigenvalue weighted by Gasteiger charge is 2.44. The van der Waals surface area contributed by atoms with Crippen molar-refractivity contribution in [3.63, 3.8) is 0 Å². The van der Waals surface area contributed by atoms with Crippen molar-refractivity contribution in [2.45, 2.75) is 25.8 Å². The van der Waals surface area contributed by atoms with E-state index in [-0.39, 0.29) is 17.1 Å². The third-order valence-electron chi connectivity index (χ3n) is 6.12. The van der Waals surface area contributed by atoms with Crippen LogP contribution < -0.4 is 19.8 Å². The minimum absolute atomic E-state index is 0.0564. The molecule has 1 unspecified atom stereocenters. The van der Waals surface area contributed by atoms with E-state index in [1.54, 1.807) is 36.3 Å². The third-order valence-corrected chi connectivity index (χ3v) is 6.62. The number of fused-ring (bicyclic) bond motifs is 2. The van der Waals surface area contributed by atoms with Gasteiger partial charge < -0.3 is 13.9 Å². The van der Waals surface area contributed by atoms with E-state index in [1.807, 2.05) is 42.5 Å². The van der Waals surface area contributed by atoms with E-state index in [0.29, 0.717) is 40.3 Å². The third kappa shape index (κ3) is 4.10. The molecule has 1 aliphatic rings. The second kappa shape index (κ2) is 9.58. The molecule has 0 radical (unpaired) electrons. The first-order chi connectivity index (χ1) is 17.0. The Kier molecular flexibility index (Phi) is 6.34. The van der Waals surface area contributed by atoms with Gasteiger partial charge in [-0.1, -0.05) is 53.5 Å². The normalized spacial score (nSPS) is 14.9. The molecule has 0 saturated carbocycles. The molecule has 3 aromatic carbocycles. The molecule has 1 atom stereocenters. The molecule has 7 heteroatoms. The smallest absolute Gasteiger partial charge is 0.295 e. The molecule has 0 spiro atoms. The number of amides is 1. The Morgan fingerprint density at radius 2 is 1.83 bits per heavy atom. The summed E-state index contributed by atoms with van der Waals surface area (Å²) in [5, 5.41) is 0.437. The summed E-state index contributed by atoms with van der Waals surface area (Å²) in [4.78, 5) is 29.0. The summed E-state index contributed by atoms with van der Waals surface area (Å²) in [6.07, 6.45) is 1.95. The maximum Gasteiger partial charge on any atom is 0.295 e. The SMILES string of the molecule is CCCCOc1ccc(C2c3c(oc4ccccc4c3=O)C(=O)N2c2cccc(Br)c2)cc1OC. The van der Waals surface area contributed by atoms with E-state index in [4.69, 9.17) is 13.9 Å². The van der Waals surface area contributed by atoms with Gasteiger partial charge in [-0.15, -0.1) is 0 Å². The minimum Gasteiger partial charge on any atom is -0.493 e. The Morgan fingerprint density at radius 1 is 1.00 bits per heavy atom. The molecule has 178 valence electrons. The number of hydrogen-bond donors (Lipinski definition) is 0. The standard InChI is InChI=1S/C28H24BrNO5/c1-3-4-14-34-22-13-12-17(15-23(22)33-2)25-24-26(31)20-10-5-6-11-21(20)35-27(24)28(32)30(25)19-9-7-8-18(29)16-19/h5-13,15-16,25H,3-4,14H2,1-2H3. The first-order valence-corrected chi connectivity index (χ1v) is 12.3. The average molecular weight is 534 g/mol. The van der Waals surface area contributed by atoms with Crippen molar-refractivity contribution in [2.75, 3.05) is 18.6 Å². The number of methoxy groups -OCH3 is 1. The lowest BCUT2D eigenvalue weighted by Gasteiger charge is -2.26. The molecule has 5 rings (SSSR count). The monoisotopic (exact) mass is 533 g/mol. The number of halogens is 1. The topological polar surface area (TPSA) is 69.0 Å². The van der Waals surface area contributed by atoms with Crippen LogP contribution in [0.2, 0.25) is 0 Å². The largest absolute Gasteiger partial charge is 0.493 e. The molecule has 0 saturated heterocycles. The second-order valence-corrected chi connectivity index (χ2v) is 9.26. The Labute approximate surface area is 211 Å². The summed E-state index contributed by atoms with van der Waals surface area (Å²) in [6, 6.07) is 19.2. The van der Waals surface area contributed by atoms with Crippen molar-refractivity contribution >= 4 is 38.5 Å². The number of unbranched alkanes of at least 4 members (excludes halogenated alkanes) is 1. The minimum atomic E-state index is -0.689. The van der Waals surface area contributed by atoms with Gasteiger partial charge in [-0.05, 0) is 54.4 Å².